The molecule has 0 bridgehead atoms. The van der Waals surface area contributed by atoms with Gasteiger partial charge in [-0.3, -0.25) is 0 Å². The van der Waals surface area contributed by atoms with Gasteiger partial charge in [0.1, 0.15) is 5.82 Å². The highest BCUT2D eigenvalue weighted by atomic mass is 32.2. The second kappa shape index (κ2) is 7.55. The van der Waals surface area contributed by atoms with E-state index < -0.39 is 0 Å². The van der Waals surface area contributed by atoms with Crippen molar-refractivity contribution in [3.05, 3.63) is 48.0 Å². The maximum absolute atomic E-state index is 12.7. The van der Waals surface area contributed by atoms with Gasteiger partial charge >= 0.3 is 6.03 Å². The van der Waals surface area contributed by atoms with E-state index in [9.17, 15) is 4.79 Å². The van der Waals surface area contributed by atoms with Gasteiger partial charge in [-0.2, -0.15) is 11.8 Å². The highest BCUT2D eigenvalue weighted by Gasteiger charge is 2.29. The number of H-pyrrole nitrogens is 1. The molecule has 1 aromatic carbocycles. The third kappa shape index (κ3) is 3.88. The van der Waals surface area contributed by atoms with Crippen LogP contribution in [0.1, 0.15) is 36.7 Å². The van der Waals surface area contributed by atoms with Crippen LogP contribution in [-0.2, 0) is 5.75 Å². The Morgan fingerprint density at radius 2 is 2.39 bits per heavy atom. The molecule has 2 heterocycles. The third-order valence-corrected chi connectivity index (χ3v) is 4.71. The molecule has 0 aliphatic carbocycles. The molecule has 23 heavy (non-hydrogen) atoms. The average molecular weight is 330 g/mol. The highest BCUT2D eigenvalue weighted by molar-refractivity contribution is 7.97. The van der Waals surface area contributed by atoms with Crippen molar-refractivity contribution in [1.82, 2.24) is 14.9 Å². The number of anilines is 1. The van der Waals surface area contributed by atoms with Gasteiger partial charge in [0.25, 0.3) is 0 Å². The topological polar surface area (TPSA) is 61.0 Å². The van der Waals surface area contributed by atoms with Crippen LogP contribution in [0.25, 0.3) is 0 Å². The van der Waals surface area contributed by atoms with E-state index in [4.69, 9.17) is 0 Å². The van der Waals surface area contributed by atoms with Gasteiger partial charge in [-0.15, -0.1) is 0 Å². The van der Waals surface area contributed by atoms with Crippen molar-refractivity contribution in [2.45, 2.75) is 31.1 Å². The van der Waals surface area contributed by atoms with E-state index in [1.807, 2.05) is 29.3 Å². The number of benzene rings is 1. The number of carbonyl (C=O) groups is 1. The Labute approximate surface area is 140 Å². The summed E-state index contributed by atoms with van der Waals surface area (Å²) in [6.07, 6.45) is 8.74. The van der Waals surface area contributed by atoms with E-state index in [-0.39, 0.29) is 12.1 Å². The number of hydrogen-bond acceptors (Lipinski definition) is 3. The van der Waals surface area contributed by atoms with Gasteiger partial charge < -0.3 is 15.2 Å². The maximum Gasteiger partial charge on any atom is 0.322 e. The number of piperidine rings is 1. The van der Waals surface area contributed by atoms with E-state index >= 15 is 0 Å². The number of aromatic amines is 1. The summed E-state index contributed by atoms with van der Waals surface area (Å²) >= 11 is 1.77. The Bertz CT molecular complexity index is 644. The predicted octanol–water partition coefficient (Wildman–Crippen LogP) is 4.03. The first-order chi connectivity index (χ1) is 11.3. The first kappa shape index (κ1) is 15.9. The fourth-order valence-corrected chi connectivity index (χ4v) is 3.53. The van der Waals surface area contributed by atoms with Gasteiger partial charge in [0.2, 0.25) is 0 Å². The van der Waals surface area contributed by atoms with E-state index in [2.05, 4.69) is 27.6 Å². The monoisotopic (exact) mass is 330 g/mol. The number of carbonyl (C=O) groups excluding carboxylic acids is 1. The second-order valence-corrected chi connectivity index (χ2v) is 6.61. The van der Waals surface area contributed by atoms with E-state index in [1.165, 1.54) is 5.56 Å². The van der Waals surface area contributed by atoms with Gasteiger partial charge in [-0.1, -0.05) is 12.1 Å². The van der Waals surface area contributed by atoms with E-state index in [0.717, 1.165) is 43.1 Å². The van der Waals surface area contributed by atoms with Crippen LogP contribution >= 0.6 is 11.8 Å². The zero-order valence-corrected chi connectivity index (χ0v) is 14.1. The number of likely N-dealkylation sites (tertiary alicyclic amines) is 1. The molecule has 2 aromatic rings. The van der Waals surface area contributed by atoms with Gasteiger partial charge in [-0.25, -0.2) is 9.78 Å². The normalized spacial score (nSPS) is 18.0. The minimum atomic E-state index is -0.0487. The molecule has 2 amide bonds. The summed E-state index contributed by atoms with van der Waals surface area (Å²) in [4.78, 5) is 22.1. The molecule has 1 unspecified atom stereocenters. The van der Waals surface area contributed by atoms with Crippen LogP contribution in [0.3, 0.4) is 0 Å². The zero-order chi connectivity index (χ0) is 16.1. The standard InChI is InChI=1S/C17H22N4OS/c1-23-12-13-5-4-6-14(11-13)20-17(22)21-10-3-2-7-15(21)16-18-8-9-19-16/h4-6,8-9,11,15H,2-3,7,10,12H2,1H3,(H,18,19)(H,20,22). The van der Waals surface area contributed by atoms with E-state index in [1.54, 1.807) is 18.0 Å². The SMILES string of the molecule is CSCc1cccc(NC(=O)N2CCCCC2c2ncc[nH]2)c1. The number of nitrogens with one attached hydrogen (secondary N) is 2. The molecule has 0 saturated carbocycles. The number of urea groups is 1. The summed E-state index contributed by atoms with van der Waals surface area (Å²) in [5.41, 5.74) is 2.07. The smallest absolute Gasteiger partial charge is 0.322 e. The lowest BCUT2D eigenvalue weighted by Gasteiger charge is -2.34. The van der Waals surface area contributed by atoms with Gasteiger partial charge in [-0.05, 0) is 43.2 Å². The number of aromatic nitrogens is 2. The maximum atomic E-state index is 12.7. The molecule has 1 saturated heterocycles. The van der Waals surface area contributed by atoms with Crippen LogP contribution < -0.4 is 5.32 Å². The molecule has 6 heteroatoms. The fraction of sp³-hybridized carbons (Fsp3) is 0.412. The van der Waals surface area contributed by atoms with Crippen molar-refractivity contribution in [3.63, 3.8) is 0 Å². The van der Waals surface area contributed by atoms with Crippen LogP contribution in [0.5, 0.6) is 0 Å². The number of thioether (sulfide) groups is 1. The quantitative estimate of drug-likeness (QED) is 0.889. The minimum Gasteiger partial charge on any atom is -0.347 e. The lowest BCUT2D eigenvalue weighted by atomic mass is 10.0. The predicted molar refractivity (Wildman–Crippen MR) is 94.6 cm³/mol. The van der Waals surface area contributed by atoms with E-state index in [0.29, 0.717) is 0 Å². The molecule has 1 aromatic heterocycles. The first-order valence-corrected chi connectivity index (χ1v) is 9.32. The molecule has 0 radical (unpaired) electrons. The molecule has 5 nitrogen and oxygen atoms in total. The Hall–Kier alpha value is -1.95. The molecule has 2 N–H and O–H groups in total. The first-order valence-electron chi connectivity index (χ1n) is 7.92. The average Bonchev–Trinajstić information content (AvgIpc) is 3.10. The Morgan fingerprint density at radius 1 is 1.48 bits per heavy atom. The lowest BCUT2D eigenvalue weighted by Crippen LogP contribution is -2.41. The second-order valence-electron chi connectivity index (χ2n) is 5.74. The molecule has 1 atom stereocenters. The molecular formula is C17H22N4OS. The van der Waals surface area contributed by atoms with Crippen molar-refractivity contribution < 1.29 is 4.79 Å². The van der Waals surface area contributed by atoms with Gasteiger partial charge in [0.15, 0.2) is 0 Å². The number of nitrogens with zero attached hydrogens (tertiary/aromatic N) is 2. The fourth-order valence-electron chi connectivity index (χ4n) is 3.02. The van der Waals surface area contributed by atoms with Crippen LogP contribution in [0.15, 0.2) is 36.7 Å². The summed E-state index contributed by atoms with van der Waals surface area (Å²) in [6.45, 7) is 0.766. The minimum absolute atomic E-state index is 0.0353. The molecule has 0 spiro atoms. The summed E-state index contributed by atoms with van der Waals surface area (Å²) < 4.78 is 0. The van der Waals surface area contributed by atoms with Crippen molar-refractivity contribution >= 4 is 23.5 Å². The van der Waals surface area contributed by atoms with Crippen LogP contribution in [-0.4, -0.2) is 33.7 Å². The number of rotatable bonds is 4. The molecule has 1 aliphatic rings. The van der Waals surface area contributed by atoms with Gasteiger partial charge in [0, 0.05) is 30.4 Å². The molecule has 1 aliphatic heterocycles. The van der Waals surface area contributed by atoms with Crippen LogP contribution in [0.2, 0.25) is 0 Å². The number of amides is 2. The van der Waals surface area contributed by atoms with Gasteiger partial charge in [0.05, 0.1) is 6.04 Å². The van der Waals surface area contributed by atoms with Crippen molar-refractivity contribution in [1.29, 1.82) is 0 Å². The van der Waals surface area contributed by atoms with Crippen LogP contribution in [0.4, 0.5) is 10.5 Å². The molecule has 3 rings (SSSR count). The van der Waals surface area contributed by atoms with Crippen molar-refractivity contribution in [2.75, 3.05) is 18.1 Å². The molecule has 122 valence electrons. The summed E-state index contributed by atoms with van der Waals surface area (Å²) in [6, 6.07) is 8.04. The Balaban J connectivity index is 1.72. The van der Waals surface area contributed by atoms with Crippen molar-refractivity contribution in [2.24, 2.45) is 0 Å². The lowest BCUT2D eigenvalue weighted by molar-refractivity contribution is 0.160. The largest absolute Gasteiger partial charge is 0.347 e. The van der Waals surface area contributed by atoms with Crippen LogP contribution in [0, 0.1) is 0 Å². The summed E-state index contributed by atoms with van der Waals surface area (Å²) in [5.74, 6) is 1.82. The number of hydrogen-bond donors (Lipinski definition) is 2. The Morgan fingerprint density at radius 3 is 3.17 bits per heavy atom. The molecule has 1 fully saturated rings. The zero-order valence-electron chi connectivity index (χ0n) is 13.3. The molecular weight excluding hydrogens is 308 g/mol. The van der Waals surface area contributed by atoms with Crippen molar-refractivity contribution in [3.8, 4) is 0 Å². The Kier molecular flexibility index (Phi) is 5.23. The summed E-state index contributed by atoms with van der Waals surface area (Å²) in [7, 11) is 0. The number of imidazole rings is 1. The summed E-state index contributed by atoms with van der Waals surface area (Å²) in [5, 5.41) is 3.04. The highest BCUT2D eigenvalue weighted by Crippen LogP contribution is 2.29. The third-order valence-electron chi connectivity index (χ3n) is 4.09.